The summed E-state index contributed by atoms with van der Waals surface area (Å²) in [4.78, 5) is 7.67. The summed E-state index contributed by atoms with van der Waals surface area (Å²) in [5.41, 5.74) is 37.1. The molecular weight excluding hydrogens is 946 g/mol. The number of benzene rings is 10. The summed E-state index contributed by atoms with van der Waals surface area (Å²) in [5, 5.41) is 0. The van der Waals surface area contributed by atoms with Gasteiger partial charge in [-0.3, -0.25) is 0 Å². The molecule has 0 aromatic heterocycles. The predicted octanol–water partition coefficient (Wildman–Crippen LogP) is 14.0. The van der Waals surface area contributed by atoms with E-state index < -0.39 is 5.54 Å². The van der Waals surface area contributed by atoms with Crippen LogP contribution in [0.15, 0.2) is 200 Å². The van der Waals surface area contributed by atoms with Gasteiger partial charge in [0.1, 0.15) is 11.5 Å². The molecule has 0 saturated heterocycles. The highest BCUT2D eigenvalue weighted by Gasteiger charge is 2.48. The van der Waals surface area contributed by atoms with Crippen molar-refractivity contribution in [3.63, 3.8) is 0 Å². The molecule has 0 fully saturated rings. The van der Waals surface area contributed by atoms with E-state index in [1.54, 1.807) is 0 Å². The fourth-order valence-corrected chi connectivity index (χ4v) is 14.5. The van der Waals surface area contributed by atoms with Crippen molar-refractivity contribution in [1.29, 1.82) is 0 Å². The van der Waals surface area contributed by atoms with E-state index in [9.17, 15) is 0 Å². The third-order valence-electron chi connectivity index (χ3n) is 18.2. The van der Waals surface area contributed by atoms with Crippen molar-refractivity contribution in [2.24, 2.45) is 5.73 Å². The van der Waals surface area contributed by atoms with Crippen molar-refractivity contribution in [3.8, 4) is 33.8 Å². The molecular formula is C71H60B2N4O. The van der Waals surface area contributed by atoms with Crippen LogP contribution in [0.25, 0.3) is 22.3 Å². The molecule has 0 unspecified atom stereocenters. The van der Waals surface area contributed by atoms with E-state index in [2.05, 4.69) is 263 Å². The van der Waals surface area contributed by atoms with E-state index in [1.165, 1.54) is 99.9 Å². The molecule has 2 N–H and O–H groups in total. The van der Waals surface area contributed by atoms with Crippen molar-refractivity contribution in [2.45, 2.75) is 72.3 Å². The number of hydrogen-bond donors (Lipinski definition) is 1. The Labute approximate surface area is 459 Å². The number of hydrogen-bond acceptors (Lipinski definition) is 5. The van der Waals surface area contributed by atoms with E-state index in [1.807, 2.05) is 0 Å². The molecule has 4 aliphatic heterocycles. The van der Waals surface area contributed by atoms with Gasteiger partial charge in [0.05, 0.1) is 0 Å². The van der Waals surface area contributed by atoms with Gasteiger partial charge in [-0.15, -0.1) is 0 Å². The molecule has 0 bridgehead atoms. The van der Waals surface area contributed by atoms with Crippen molar-refractivity contribution in [1.82, 2.24) is 0 Å². The SMILES string of the molecule is Cc1cccc(C)c1-c1cc2c3c(c1)N(c1ccccc1)c1cc4c(cc1B3c1ccccc1O2)B1c2ccccc2N(c2ccc3c(c2)[C@@](C)(N)CCC3(C)C)c2cc(-c3c(C)cccc3C)cc(c21)N4c1ccccc1. The smallest absolute Gasteiger partial charge is 0.256 e. The van der Waals surface area contributed by atoms with Crippen LogP contribution < -0.4 is 57.9 Å². The van der Waals surface area contributed by atoms with E-state index in [-0.39, 0.29) is 18.8 Å². The molecule has 10 aromatic carbocycles. The Bertz CT molecular complexity index is 4130. The van der Waals surface area contributed by atoms with E-state index in [0.29, 0.717) is 0 Å². The molecule has 1 aliphatic carbocycles. The van der Waals surface area contributed by atoms with Gasteiger partial charge in [0.2, 0.25) is 0 Å². The monoisotopic (exact) mass is 1010 g/mol. The maximum atomic E-state index is 7.35. The third-order valence-corrected chi connectivity index (χ3v) is 18.2. The zero-order valence-electron chi connectivity index (χ0n) is 45.4. The zero-order valence-corrected chi connectivity index (χ0v) is 45.4. The minimum atomic E-state index is -0.462. The molecule has 78 heavy (non-hydrogen) atoms. The molecule has 5 nitrogen and oxygen atoms in total. The lowest BCUT2D eigenvalue weighted by molar-refractivity contribution is 0.319. The average Bonchev–Trinajstić information content (AvgIpc) is 3.63. The normalized spacial score (nSPS) is 16.7. The fraction of sp³-hybridized carbons (Fsp3) is 0.155. The molecule has 1 atom stereocenters. The number of para-hydroxylation sites is 4. The van der Waals surface area contributed by atoms with E-state index in [0.717, 1.165) is 64.0 Å². The highest BCUT2D eigenvalue weighted by molar-refractivity contribution is 7.02. The van der Waals surface area contributed by atoms with Crippen LogP contribution in [-0.4, -0.2) is 13.4 Å². The lowest BCUT2D eigenvalue weighted by atomic mass is 9.30. The number of rotatable bonds is 5. The number of aryl methyl sites for hydroxylation is 4. The van der Waals surface area contributed by atoms with Crippen molar-refractivity contribution >= 4 is 97.4 Å². The number of anilines is 9. The Kier molecular flexibility index (Phi) is 10.2. The first-order valence-electron chi connectivity index (χ1n) is 27.8. The van der Waals surface area contributed by atoms with Gasteiger partial charge in [0.25, 0.3) is 13.4 Å². The second-order valence-corrected chi connectivity index (χ2v) is 23.6. The van der Waals surface area contributed by atoms with Gasteiger partial charge < -0.3 is 25.2 Å². The number of nitrogens with two attached hydrogens (primary N) is 1. The molecule has 10 aromatic rings. The largest absolute Gasteiger partial charge is 0.458 e. The van der Waals surface area contributed by atoms with Crippen molar-refractivity contribution < 1.29 is 4.74 Å². The van der Waals surface area contributed by atoms with Crippen LogP contribution in [0.3, 0.4) is 0 Å². The first-order chi connectivity index (χ1) is 37.8. The molecule has 5 aliphatic rings. The lowest BCUT2D eigenvalue weighted by Gasteiger charge is -2.47. The molecule has 0 radical (unpaired) electrons. The highest BCUT2D eigenvalue weighted by Crippen LogP contribution is 2.52. The van der Waals surface area contributed by atoms with Crippen molar-refractivity contribution in [2.75, 3.05) is 14.7 Å². The molecule has 0 saturated carbocycles. The standard InChI is InChI=1S/C71H60B2N4O/c1-43-20-18-21-44(2)66(43)47-36-61-68-62(37-47)77(51-32-33-52-53(40-51)71(7,74)35-34-70(52,5)6)58-30-16-14-28-54(58)72(68)56-41-57-60(42-59(56)75(61)49-24-10-8-11-25-49)76(50-26-12-9-13-27-50)63-38-48(67-45(3)22-19-23-46(67)4)39-65-69(63)73(57)55-29-15-17-31-64(55)78-65/h8-33,36-42H,34-35,74H2,1-7H3/t71-/m0/s1. The fourth-order valence-electron chi connectivity index (χ4n) is 14.5. The van der Waals surface area contributed by atoms with E-state index in [4.69, 9.17) is 10.5 Å². The average molecular weight is 1010 g/mol. The van der Waals surface area contributed by atoms with E-state index >= 15 is 0 Å². The van der Waals surface area contributed by atoms with Gasteiger partial charge >= 0.3 is 0 Å². The summed E-state index contributed by atoms with van der Waals surface area (Å²) in [6.45, 7) is 15.7. The second kappa shape index (κ2) is 17.0. The summed E-state index contributed by atoms with van der Waals surface area (Å²) in [7, 11) is 0. The molecule has 4 heterocycles. The Hall–Kier alpha value is -8.51. The van der Waals surface area contributed by atoms with Gasteiger partial charge in [-0.25, -0.2) is 0 Å². The molecule has 0 amide bonds. The van der Waals surface area contributed by atoms with Crippen LogP contribution in [-0.2, 0) is 11.0 Å². The first-order valence-corrected chi connectivity index (χ1v) is 27.8. The second-order valence-electron chi connectivity index (χ2n) is 23.6. The Morgan fingerprint density at radius 2 is 0.885 bits per heavy atom. The maximum Gasteiger partial charge on any atom is 0.256 e. The molecule has 376 valence electrons. The molecule has 15 rings (SSSR count). The summed E-state index contributed by atoms with van der Waals surface area (Å²) in [5.74, 6) is 1.80. The minimum absolute atomic E-state index is 0.0166. The topological polar surface area (TPSA) is 45.0 Å². The van der Waals surface area contributed by atoms with Crippen LogP contribution in [0, 0.1) is 27.7 Å². The maximum absolute atomic E-state index is 7.35. The summed E-state index contributed by atoms with van der Waals surface area (Å²) < 4.78 is 7.14. The minimum Gasteiger partial charge on any atom is -0.458 e. The van der Waals surface area contributed by atoms with Gasteiger partial charge in [-0.05, 0) is 220 Å². The van der Waals surface area contributed by atoms with Gasteiger partial charge in [-0.1, -0.05) is 135 Å². The number of fused-ring (bicyclic) bond motifs is 9. The lowest BCUT2D eigenvalue weighted by Crippen LogP contribution is -2.64. The van der Waals surface area contributed by atoms with Crippen molar-refractivity contribution in [3.05, 3.63) is 234 Å². The highest BCUT2D eigenvalue weighted by atomic mass is 16.5. The third kappa shape index (κ3) is 6.80. The summed E-state index contributed by atoms with van der Waals surface area (Å²) in [6.07, 6.45) is 1.98. The Morgan fingerprint density at radius 1 is 0.385 bits per heavy atom. The van der Waals surface area contributed by atoms with Gasteiger partial charge in [0, 0.05) is 56.7 Å². The summed E-state index contributed by atoms with van der Waals surface area (Å²) in [6, 6.07) is 75.3. The Balaban J connectivity index is 1.06. The first kappa shape index (κ1) is 46.8. The van der Waals surface area contributed by atoms with Crippen LogP contribution in [0.1, 0.15) is 67.0 Å². The van der Waals surface area contributed by atoms with Crippen LogP contribution in [0.4, 0.5) is 51.2 Å². The zero-order chi connectivity index (χ0) is 52.9. The van der Waals surface area contributed by atoms with Crippen LogP contribution in [0.2, 0.25) is 0 Å². The van der Waals surface area contributed by atoms with Gasteiger partial charge in [0.15, 0.2) is 0 Å². The Morgan fingerprint density at radius 3 is 1.49 bits per heavy atom. The predicted molar refractivity (Wildman–Crippen MR) is 330 cm³/mol. The number of ether oxygens (including phenoxy) is 1. The molecule has 0 spiro atoms. The quantitative estimate of drug-likeness (QED) is 0.174. The molecule has 7 heteroatoms. The van der Waals surface area contributed by atoms with Gasteiger partial charge in [-0.2, -0.15) is 0 Å². The summed E-state index contributed by atoms with van der Waals surface area (Å²) >= 11 is 0. The number of nitrogens with zero attached hydrogens (tertiary/aromatic N) is 3. The van der Waals surface area contributed by atoms with Crippen LogP contribution in [0.5, 0.6) is 11.5 Å². The van der Waals surface area contributed by atoms with Crippen LogP contribution >= 0.6 is 0 Å².